The first-order chi connectivity index (χ1) is 6.90. The molecule has 4 unspecified atom stereocenters. The molecule has 0 fully saturated rings. The molecular formula is C11H23CrCsS4. The molecule has 98 valence electrons. The predicted molar refractivity (Wildman–Crippen MR) is 86.1 cm³/mol. The predicted octanol–water partition coefficient (Wildman–Crippen LogP) is 1.27. The summed E-state index contributed by atoms with van der Waals surface area (Å²) in [6.07, 6.45) is 1.18. The van der Waals surface area contributed by atoms with Crippen LogP contribution in [0.15, 0.2) is 0 Å². The molecule has 0 aliphatic heterocycles. The largest absolute Gasteiger partial charge is 2.00 e. The molecule has 0 saturated heterocycles. The van der Waals surface area contributed by atoms with E-state index < -0.39 is 0 Å². The maximum atomic E-state index is 4.19. The molecule has 17 heavy (non-hydrogen) atoms. The van der Waals surface area contributed by atoms with Gasteiger partial charge in [0.15, 0.2) is 0 Å². The normalized spacial score (nSPS) is 16.2. The van der Waals surface area contributed by atoms with Crippen LogP contribution in [0.4, 0.5) is 0 Å². The molecule has 0 rings (SSSR count). The smallest absolute Gasteiger partial charge is 0.369 e. The Balaban J connectivity index is -0.0000000896. The molecule has 0 aliphatic carbocycles. The van der Waals surface area contributed by atoms with E-state index in [1.54, 1.807) is 5.75 Å². The van der Waals surface area contributed by atoms with Gasteiger partial charge in [-0.2, -0.15) is 5.92 Å². The van der Waals surface area contributed by atoms with E-state index >= 15 is 0 Å². The zero-order valence-corrected chi connectivity index (χ0v) is 22.2. The molecule has 0 radical (unpaired) electrons. The molecule has 0 aromatic heterocycles. The number of rotatable bonds is 5. The Labute approximate surface area is 200 Å². The minimum Gasteiger partial charge on any atom is -0.369 e. The zero-order chi connectivity index (χ0) is 12.4. The van der Waals surface area contributed by atoms with Gasteiger partial charge in [-0.3, -0.25) is 11.5 Å². The van der Waals surface area contributed by atoms with Crippen LogP contribution in [0.5, 0.6) is 0 Å². The maximum absolute atomic E-state index is 4.19. The third kappa shape index (κ3) is 20.0. The molecule has 0 heterocycles. The van der Waals surface area contributed by atoms with E-state index in [-0.39, 0.29) is 91.5 Å². The summed E-state index contributed by atoms with van der Waals surface area (Å²) in [6, 6.07) is 0. The van der Waals surface area contributed by atoms with E-state index in [4.69, 9.17) is 0 Å². The van der Waals surface area contributed by atoms with Crippen molar-refractivity contribution in [3.05, 3.63) is 18.4 Å². The van der Waals surface area contributed by atoms with Gasteiger partial charge in [0.2, 0.25) is 0 Å². The van der Waals surface area contributed by atoms with Crippen molar-refractivity contribution in [3.63, 3.8) is 0 Å². The minimum absolute atomic E-state index is 0. The molecule has 0 aliphatic rings. The molecule has 4 atom stereocenters. The summed E-state index contributed by atoms with van der Waals surface area (Å²) in [5.41, 5.74) is 0. The van der Waals surface area contributed by atoms with Crippen LogP contribution in [0.1, 0.15) is 27.2 Å². The van der Waals surface area contributed by atoms with Gasteiger partial charge >= 0.3 is 86.3 Å². The molecule has 0 amide bonds. The third-order valence-corrected chi connectivity index (χ3v) is 4.38. The van der Waals surface area contributed by atoms with Gasteiger partial charge in [0.25, 0.3) is 0 Å². The summed E-state index contributed by atoms with van der Waals surface area (Å²) in [4.78, 5) is 0. The quantitative estimate of drug-likeness (QED) is 0.339. The molecule has 0 bridgehead atoms. The van der Waals surface area contributed by atoms with Crippen molar-refractivity contribution < 1.29 is 86.3 Å². The molecule has 0 nitrogen and oxygen atoms in total. The summed E-state index contributed by atoms with van der Waals surface area (Å²) < 4.78 is 0. The van der Waals surface area contributed by atoms with E-state index in [1.807, 2.05) is 12.7 Å². The van der Waals surface area contributed by atoms with E-state index in [0.717, 1.165) is 0 Å². The van der Waals surface area contributed by atoms with Gasteiger partial charge in [0.1, 0.15) is 0 Å². The van der Waals surface area contributed by atoms with Crippen LogP contribution in [0.3, 0.4) is 0 Å². The molecule has 0 N–H and O–H groups in total. The Bertz CT molecular complexity index is 131. The topological polar surface area (TPSA) is 0 Å². The van der Waals surface area contributed by atoms with E-state index in [2.05, 4.69) is 71.3 Å². The van der Waals surface area contributed by atoms with Crippen molar-refractivity contribution in [1.82, 2.24) is 0 Å². The van der Waals surface area contributed by atoms with E-state index in [0.29, 0.717) is 17.1 Å². The van der Waals surface area contributed by atoms with Crippen LogP contribution >= 0.6 is 50.5 Å². The Hall–Kier alpha value is 3.98. The summed E-state index contributed by atoms with van der Waals surface area (Å²) in [7, 11) is 0. The van der Waals surface area contributed by atoms with E-state index in [9.17, 15) is 0 Å². The first-order valence-corrected chi connectivity index (χ1v) is 7.11. The maximum Gasteiger partial charge on any atom is 2.00 e. The van der Waals surface area contributed by atoms with Gasteiger partial charge in [-0.25, -0.2) is 25.3 Å². The van der Waals surface area contributed by atoms with Gasteiger partial charge in [-0.1, -0.05) is 33.1 Å². The second-order valence-corrected chi connectivity index (χ2v) is 5.46. The van der Waals surface area contributed by atoms with Crippen molar-refractivity contribution in [1.29, 1.82) is 0 Å². The van der Waals surface area contributed by atoms with Gasteiger partial charge in [-0.05, 0) is 0 Å². The summed E-state index contributed by atoms with van der Waals surface area (Å²) >= 11 is 16.3. The summed E-state index contributed by atoms with van der Waals surface area (Å²) in [5.74, 6) is 4.60. The Morgan fingerprint density at radius 1 is 1.12 bits per heavy atom. The second-order valence-electron chi connectivity index (χ2n) is 3.60. The molecule has 6 heteroatoms. The molecule has 0 aromatic carbocycles. The number of hydrogen-bond donors (Lipinski definition) is 4. The SMILES string of the molecule is CC([CH-]S)C(S)[CH-]S.[CH2-]C(S)C(C)CC.[Cr+2].[Cs+]. The minimum atomic E-state index is 0. The monoisotopic (exact) mass is 468 g/mol. The first kappa shape index (κ1) is 29.1. The summed E-state index contributed by atoms with van der Waals surface area (Å²) in [6.45, 7) is 10.1. The van der Waals surface area contributed by atoms with Crippen molar-refractivity contribution >= 4 is 50.5 Å². The van der Waals surface area contributed by atoms with Gasteiger partial charge in [0, 0.05) is 0 Å². The third-order valence-electron chi connectivity index (χ3n) is 2.23. The standard InChI is InChI=1S/C6H13S.C5H10S3.Cr.Cs/c1-4-5(2)6(3)7;1-4(2-6)5(8)3-7;;/h5-7H,3-4H2,1-2H3;2-8H,1H3;;/q-1;-2;+2;+1. The van der Waals surface area contributed by atoms with Crippen LogP contribution in [-0.2, 0) is 17.4 Å². The Morgan fingerprint density at radius 2 is 1.53 bits per heavy atom. The molecule has 0 spiro atoms. The second kappa shape index (κ2) is 20.0. The van der Waals surface area contributed by atoms with E-state index in [1.165, 1.54) is 6.42 Å². The number of thiol groups is 4. The zero-order valence-electron chi connectivity index (χ0n) is 11.1. The van der Waals surface area contributed by atoms with Crippen molar-refractivity contribution in [2.24, 2.45) is 11.8 Å². The van der Waals surface area contributed by atoms with Crippen LogP contribution in [-0.4, -0.2) is 10.5 Å². The van der Waals surface area contributed by atoms with Gasteiger partial charge < -0.3 is 32.2 Å². The fourth-order valence-corrected chi connectivity index (χ4v) is 1.39. The Morgan fingerprint density at radius 3 is 1.59 bits per heavy atom. The van der Waals surface area contributed by atoms with Crippen molar-refractivity contribution in [2.45, 2.75) is 37.7 Å². The average Bonchev–Trinajstić information content (AvgIpc) is 2.26. The first-order valence-electron chi connectivity index (χ1n) is 5.04. The van der Waals surface area contributed by atoms with Crippen LogP contribution in [0.2, 0.25) is 0 Å². The van der Waals surface area contributed by atoms with Crippen LogP contribution in [0.25, 0.3) is 0 Å². The Kier molecular flexibility index (Phi) is 34.2. The van der Waals surface area contributed by atoms with Crippen LogP contribution < -0.4 is 68.9 Å². The summed E-state index contributed by atoms with van der Waals surface area (Å²) in [5, 5.41) is 0.529. The van der Waals surface area contributed by atoms with Crippen molar-refractivity contribution in [2.75, 3.05) is 0 Å². The number of hydrogen-bond acceptors (Lipinski definition) is 4. The van der Waals surface area contributed by atoms with Gasteiger partial charge in [-0.15, -0.1) is 10.5 Å². The molecular weight excluding hydrogens is 445 g/mol. The average molecular weight is 468 g/mol. The molecule has 0 aromatic rings. The fourth-order valence-electron chi connectivity index (χ4n) is 0.496. The van der Waals surface area contributed by atoms with Crippen molar-refractivity contribution in [3.8, 4) is 0 Å². The van der Waals surface area contributed by atoms with Crippen LogP contribution in [0, 0.1) is 30.3 Å². The fraction of sp³-hybridized carbons (Fsp3) is 0.727. The van der Waals surface area contributed by atoms with Gasteiger partial charge in [0.05, 0.1) is 0 Å². The molecule has 0 saturated carbocycles.